The standard InChI is InChI=1S/C40H73GeSi6/c1-40(2,3)34-28-29-24-22-23-25-31(29)36(41-34)35-32(38(44(10,11)12)45(13,14)15)26-30(37(42(4,5)6)43(7,8)9)27-33(35)39(46(16,17)18)47(19,20)21/h22-28,37-39H,1-21H3. The molecule has 3 rings (SSSR count). The van der Waals surface area contributed by atoms with Gasteiger partial charge in [-0.1, -0.05) is 0 Å². The quantitative estimate of drug-likeness (QED) is 0.210. The van der Waals surface area contributed by atoms with Gasteiger partial charge in [0.05, 0.1) is 0 Å². The second kappa shape index (κ2) is 13.5. The van der Waals surface area contributed by atoms with Crippen molar-refractivity contribution >= 4 is 73.9 Å². The molecular formula is C40H73GeSi6. The minimum atomic E-state index is -1.61. The Kier molecular flexibility index (Phi) is 11.8. The third kappa shape index (κ3) is 9.42. The van der Waals surface area contributed by atoms with Gasteiger partial charge in [0.15, 0.2) is 0 Å². The van der Waals surface area contributed by atoms with Crippen molar-refractivity contribution in [2.45, 2.75) is 154 Å². The van der Waals surface area contributed by atoms with Crippen LogP contribution in [0.5, 0.6) is 0 Å². The summed E-state index contributed by atoms with van der Waals surface area (Å²) in [5.74, 6) is 0. The van der Waals surface area contributed by atoms with Crippen molar-refractivity contribution in [2.75, 3.05) is 0 Å². The zero-order valence-corrected chi connectivity index (χ0v) is 42.9. The first kappa shape index (κ1) is 41.3. The molecule has 0 aromatic heterocycles. The van der Waals surface area contributed by atoms with Gasteiger partial charge >= 0.3 is 308 Å². The fraction of sp³-hybridized carbons (Fsp3) is 0.625. The molecule has 2 aromatic carbocycles. The molecule has 0 amide bonds. The minimum absolute atomic E-state index is 0.188. The van der Waals surface area contributed by atoms with Crippen LogP contribution < -0.4 is 0 Å². The molecule has 0 N–H and O–H groups in total. The van der Waals surface area contributed by atoms with Crippen molar-refractivity contribution in [1.82, 2.24) is 0 Å². The Morgan fingerprint density at radius 1 is 0.511 bits per heavy atom. The Hall–Kier alpha value is -0.106. The number of rotatable bonds is 10. The summed E-state index contributed by atoms with van der Waals surface area (Å²) in [5, 5.41) is 2.18. The molecule has 2 aromatic rings. The summed E-state index contributed by atoms with van der Waals surface area (Å²) >= 11 is -0.511. The van der Waals surface area contributed by atoms with Crippen LogP contribution in [0.3, 0.4) is 0 Å². The van der Waals surface area contributed by atoms with Crippen molar-refractivity contribution in [2.24, 2.45) is 5.41 Å². The van der Waals surface area contributed by atoms with Crippen LogP contribution in [0.2, 0.25) is 118 Å². The summed E-state index contributed by atoms with van der Waals surface area (Å²) in [6.45, 7) is 55.8. The zero-order chi connectivity index (χ0) is 36.5. The van der Waals surface area contributed by atoms with Gasteiger partial charge in [-0.05, 0) is 0 Å². The van der Waals surface area contributed by atoms with Crippen LogP contribution in [0.1, 0.15) is 69.6 Å². The Labute approximate surface area is 305 Å². The van der Waals surface area contributed by atoms with E-state index in [4.69, 9.17) is 0 Å². The molecule has 0 unspecified atom stereocenters. The van der Waals surface area contributed by atoms with E-state index < -0.39 is 63.4 Å². The van der Waals surface area contributed by atoms with Gasteiger partial charge in [0.1, 0.15) is 0 Å². The summed E-state index contributed by atoms with van der Waals surface area (Å²) in [7, 11) is -9.46. The van der Waals surface area contributed by atoms with Crippen LogP contribution in [-0.2, 0) is 0 Å². The van der Waals surface area contributed by atoms with E-state index in [1.165, 1.54) is 5.56 Å². The van der Waals surface area contributed by atoms with Crippen molar-refractivity contribution in [3.05, 3.63) is 74.2 Å². The Bertz CT molecular complexity index is 1420. The zero-order valence-electron chi connectivity index (χ0n) is 34.8. The average molecular weight is 795 g/mol. The van der Waals surface area contributed by atoms with Gasteiger partial charge in [-0.2, -0.15) is 0 Å². The molecule has 261 valence electrons. The van der Waals surface area contributed by atoms with Gasteiger partial charge in [0.2, 0.25) is 0 Å². The van der Waals surface area contributed by atoms with Crippen molar-refractivity contribution in [1.29, 1.82) is 0 Å². The van der Waals surface area contributed by atoms with Crippen molar-refractivity contribution < 1.29 is 0 Å². The molecule has 1 radical (unpaired) electrons. The van der Waals surface area contributed by atoms with E-state index in [0.717, 1.165) is 5.16 Å². The second-order valence-electron chi connectivity index (χ2n) is 22.5. The predicted molar refractivity (Wildman–Crippen MR) is 238 cm³/mol. The van der Waals surface area contributed by atoms with Crippen LogP contribution in [-0.4, -0.2) is 67.8 Å². The maximum atomic E-state index is 2.91. The molecule has 47 heavy (non-hydrogen) atoms. The van der Waals surface area contributed by atoms with Crippen molar-refractivity contribution in [3.8, 4) is 0 Å². The van der Waals surface area contributed by atoms with E-state index in [9.17, 15) is 0 Å². The summed E-state index contributed by atoms with van der Waals surface area (Å²) in [6.07, 6.45) is 2.60. The topological polar surface area (TPSA) is 0 Å². The number of benzene rings is 2. The first-order valence-corrected chi connectivity index (χ1v) is 42.0. The number of hydrogen-bond acceptors (Lipinski definition) is 0. The van der Waals surface area contributed by atoms with Crippen molar-refractivity contribution in [3.63, 3.8) is 0 Å². The first-order valence-electron chi connectivity index (χ1n) is 18.4. The third-order valence-corrected chi connectivity index (χ3v) is 42.2. The van der Waals surface area contributed by atoms with E-state index in [1.54, 1.807) is 25.4 Å². The molecule has 0 spiro atoms. The van der Waals surface area contributed by atoms with Crippen LogP contribution in [0.4, 0.5) is 0 Å². The molecule has 0 aliphatic carbocycles. The third-order valence-electron chi connectivity index (χ3n) is 10.2. The van der Waals surface area contributed by atoms with E-state index in [2.05, 4.69) is 181 Å². The summed E-state index contributed by atoms with van der Waals surface area (Å²) in [6, 6.07) is 15.3. The molecule has 0 nitrogen and oxygen atoms in total. The van der Waals surface area contributed by atoms with E-state index in [1.807, 2.05) is 11.1 Å². The second-order valence-corrected chi connectivity index (χ2v) is 58.8. The van der Waals surface area contributed by atoms with Crippen LogP contribution >= 0.6 is 0 Å². The molecule has 0 atom stereocenters. The summed E-state index contributed by atoms with van der Waals surface area (Å²) in [4.78, 5) is 0. The first-order chi connectivity index (χ1) is 20.8. The molecule has 0 fully saturated rings. The van der Waals surface area contributed by atoms with Gasteiger partial charge in [-0.25, -0.2) is 0 Å². The monoisotopic (exact) mass is 795 g/mol. The molecule has 7 heteroatoms. The van der Waals surface area contributed by atoms with Gasteiger partial charge in [-0.15, -0.1) is 0 Å². The van der Waals surface area contributed by atoms with Crippen LogP contribution in [0.25, 0.3) is 6.08 Å². The van der Waals surface area contributed by atoms with E-state index in [-0.39, 0.29) is 5.41 Å². The van der Waals surface area contributed by atoms with E-state index in [0.29, 0.717) is 10.3 Å². The van der Waals surface area contributed by atoms with Gasteiger partial charge in [0, 0.05) is 0 Å². The van der Waals surface area contributed by atoms with Gasteiger partial charge in [-0.3, -0.25) is 0 Å². The Balaban J connectivity index is 2.82. The normalized spacial score (nSPS) is 15.7. The predicted octanol–water partition coefficient (Wildman–Crippen LogP) is 12.9. The molecule has 1 heterocycles. The summed E-state index contributed by atoms with van der Waals surface area (Å²) in [5.41, 5.74) is 10.3. The Morgan fingerprint density at radius 3 is 1.21 bits per heavy atom. The molecular weight excluding hydrogens is 722 g/mol. The van der Waals surface area contributed by atoms with Gasteiger partial charge in [0.25, 0.3) is 0 Å². The maximum absolute atomic E-state index is 2.91. The Morgan fingerprint density at radius 2 is 0.872 bits per heavy atom. The molecule has 0 bridgehead atoms. The number of fused-ring (bicyclic) bond motifs is 1. The van der Waals surface area contributed by atoms with Crippen LogP contribution in [0, 0.1) is 5.41 Å². The van der Waals surface area contributed by atoms with E-state index >= 15 is 0 Å². The average Bonchev–Trinajstić information content (AvgIpc) is 2.77. The number of allylic oxidation sites excluding steroid dienone is 1. The fourth-order valence-corrected chi connectivity index (χ4v) is 51.8. The number of hydrogen-bond donors (Lipinski definition) is 0. The summed E-state index contributed by atoms with van der Waals surface area (Å²) < 4.78 is 3.48. The molecule has 0 saturated heterocycles. The SMILES string of the molecule is CC(C)(C)[C]1=Cc2ccccc2[C](c2c(C([Si](C)(C)C)[Si](C)(C)C)cc(C([Si](C)(C)C)[Si](C)(C)C)cc2C([Si](C)(C)C)[Si](C)(C)C)=[Ge]1. The van der Waals surface area contributed by atoms with Crippen LogP contribution in [0.15, 0.2) is 40.8 Å². The molecule has 0 saturated carbocycles. The van der Waals surface area contributed by atoms with Gasteiger partial charge < -0.3 is 0 Å². The molecule has 1 aliphatic rings. The molecule has 1 aliphatic heterocycles. The fourth-order valence-electron chi connectivity index (χ4n) is 10.2.